The first kappa shape index (κ1) is 9.15. The molecule has 0 spiro atoms. The Morgan fingerprint density at radius 2 is 2.36 bits per heavy atom. The van der Waals surface area contributed by atoms with Gasteiger partial charge in [0.15, 0.2) is 5.78 Å². The van der Waals surface area contributed by atoms with Crippen LogP contribution in [0.3, 0.4) is 0 Å². The van der Waals surface area contributed by atoms with Crippen molar-refractivity contribution in [2.75, 3.05) is 0 Å². The van der Waals surface area contributed by atoms with Crippen LogP contribution in [-0.2, 0) is 0 Å². The van der Waals surface area contributed by atoms with Crippen molar-refractivity contribution in [3.8, 4) is 10.7 Å². The number of nitrogens with zero attached hydrogens (tertiary/aromatic N) is 1. The van der Waals surface area contributed by atoms with E-state index in [1.807, 2.05) is 24.4 Å². The van der Waals surface area contributed by atoms with Gasteiger partial charge in [0.25, 0.3) is 0 Å². The Labute approximate surface area is 85.8 Å². The third-order valence-electron chi connectivity index (χ3n) is 1.97. The van der Waals surface area contributed by atoms with Crippen LogP contribution in [0.25, 0.3) is 10.7 Å². The van der Waals surface area contributed by atoms with E-state index in [-0.39, 0.29) is 5.78 Å². The predicted molar refractivity (Wildman–Crippen MR) is 56.6 cm³/mol. The maximum absolute atomic E-state index is 11.2. The summed E-state index contributed by atoms with van der Waals surface area (Å²) < 4.78 is 0. The molecule has 2 heterocycles. The fourth-order valence-corrected chi connectivity index (χ4v) is 2.00. The van der Waals surface area contributed by atoms with Gasteiger partial charge in [-0.3, -0.25) is 4.79 Å². The van der Waals surface area contributed by atoms with E-state index < -0.39 is 0 Å². The number of rotatable bonds is 2. The highest BCUT2D eigenvalue weighted by atomic mass is 32.1. The maximum atomic E-state index is 11.2. The SMILES string of the molecule is CC(=O)c1nc(-c2cccs2)[nH]c1C. The van der Waals surface area contributed by atoms with Crippen LogP contribution in [0, 0.1) is 6.92 Å². The summed E-state index contributed by atoms with van der Waals surface area (Å²) in [6.07, 6.45) is 0. The third-order valence-corrected chi connectivity index (χ3v) is 2.85. The number of H-pyrrole nitrogens is 1. The van der Waals surface area contributed by atoms with E-state index >= 15 is 0 Å². The van der Waals surface area contributed by atoms with Gasteiger partial charge >= 0.3 is 0 Å². The van der Waals surface area contributed by atoms with Crippen LogP contribution >= 0.6 is 11.3 Å². The van der Waals surface area contributed by atoms with Gasteiger partial charge in [-0.15, -0.1) is 11.3 Å². The number of imidazole rings is 1. The number of ketones is 1. The average Bonchev–Trinajstić information content (AvgIpc) is 2.70. The summed E-state index contributed by atoms with van der Waals surface area (Å²) >= 11 is 1.60. The number of Topliss-reactive ketones (excluding diaryl/α,β-unsaturated/α-hetero) is 1. The molecule has 0 radical (unpaired) electrons. The van der Waals surface area contributed by atoms with E-state index in [1.165, 1.54) is 6.92 Å². The highest BCUT2D eigenvalue weighted by Gasteiger charge is 2.11. The summed E-state index contributed by atoms with van der Waals surface area (Å²) in [7, 11) is 0. The lowest BCUT2D eigenvalue weighted by molar-refractivity contribution is 0.101. The Kier molecular flexibility index (Phi) is 2.21. The second kappa shape index (κ2) is 3.38. The predicted octanol–water partition coefficient (Wildman–Crippen LogP) is 2.65. The fraction of sp³-hybridized carbons (Fsp3) is 0.200. The summed E-state index contributed by atoms with van der Waals surface area (Å²) in [5, 5.41) is 1.99. The lowest BCUT2D eigenvalue weighted by Gasteiger charge is -1.86. The molecule has 2 aromatic rings. The standard InChI is InChI=1S/C10H10N2OS/c1-6-9(7(2)13)12-10(11-6)8-4-3-5-14-8/h3-5H,1-2H3,(H,11,12). The molecule has 3 nitrogen and oxygen atoms in total. The molecule has 0 fully saturated rings. The Hall–Kier alpha value is -1.42. The molecule has 0 aliphatic rings. The number of hydrogen-bond acceptors (Lipinski definition) is 3. The minimum atomic E-state index is 0.00144. The zero-order valence-electron chi connectivity index (χ0n) is 8.00. The summed E-state index contributed by atoms with van der Waals surface area (Å²) in [5.41, 5.74) is 1.37. The van der Waals surface area contributed by atoms with Crippen molar-refractivity contribution in [3.05, 3.63) is 28.9 Å². The number of aryl methyl sites for hydroxylation is 1. The van der Waals surface area contributed by atoms with Crippen LogP contribution in [0.15, 0.2) is 17.5 Å². The average molecular weight is 206 g/mol. The van der Waals surface area contributed by atoms with Gasteiger partial charge < -0.3 is 4.98 Å². The normalized spacial score (nSPS) is 10.4. The molecule has 72 valence electrons. The quantitative estimate of drug-likeness (QED) is 0.768. The van der Waals surface area contributed by atoms with E-state index in [0.717, 1.165) is 16.4 Å². The molecule has 0 bridgehead atoms. The number of thiophene rings is 1. The topological polar surface area (TPSA) is 45.8 Å². The van der Waals surface area contributed by atoms with E-state index in [2.05, 4.69) is 9.97 Å². The van der Waals surface area contributed by atoms with Gasteiger partial charge in [0, 0.05) is 12.6 Å². The summed E-state index contributed by atoms with van der Waals surface area (Å²) in [5.74, 6) is 0.782. The Morgan fingerprint density at radius 1 is 1.57 bits per heavy atom. The lowest BCUT2D eigenvalue weighted by atomic mass is 10.3. The molecular formula is C10H10N2OS. The second-order valence-corrected chi connectivity index (χ2v) is 4.04. The lowest BCUT2D eigenvalue weighted by Crippen LogP contribution is -1.94. The first-order valence-corrected chi connectivity index (χ1v) is 5.18. The van der Waals surface area contributed by atoms with E-state index in [0.29, 0.717) is 5.69 Å². The number of aromatic nitrogens is 2. The van der Waals surface area contributed by atoms with Crippen LogP contribution < -0.4 is 0 Å². The molecule has 14 heavy (non-hydrogen) atoms. The highest BCUT2D eigenvalue weighted by molar-refractivity contribution is 7.13. The molecule has 0 atom stereocenters. The monoisotopic (exact) mass is 206 g/mol. The Balaban J connectivity index is 2.48. The minimum Gasteiger partial charge on any atom is -0.341 e. The molecule has 2 aromatic heterocycles. The van der Waals surface area contributed by atoms with Crippen LogP contribution in [0.5, 0.6) is 0 Å². The van der Waals surface area contributed by atoms with Crippen molar-refractivity contribution >= 4 is 17.1 Å². The highest BCUT2D eigenvalue weighted by Crippen LogP contribution is 2.22. The molecule has 1 N–H and O–H groups in total. The van der Waals surface area contributed by atoms with Crippen molar-refractivity contribution in [1.29, 1.82) is 0 Å². The zero-order valence-corrected chi connectivity index (χ0v) is 8.81. The number of aromatic amines is 1. The van der Waals surface area contributed by atoms with Gasteiger partial charge in [0.1, 0.15) is 11.5 Å². The smallest absolute Gasteiger partial charge is 0.179 e. The molecule has 0 aliphatic carbocycles. The van der Waals surface area contributed by atoms with Gasteiger partial charge in [-0.25, -0.2) is 4.98 Å². The number of nitrogens with one attached hydrogen (secondary N) is 1. The van der Waals surface area contributed by atoms with Gasteiger partial charge in [-0.1, -0.05) is 6.07 Å². The second-order valence-electron chi connectivity index (χ2n) is 3.09. The van der Waals surface area contributed by atoms with Crippen LogP contribution in [0.4, 0.5) is 0 Å². The molecular weight excluding hydrogens is 196 g/mol. The summed E-state index contributed by atoms with van der Waals surface area (Å²) in [6.45, 7) is 3.39. The van der Waals surface area contributed by atoms with Gasteiger partial charge in [0.05, 0.1) is 4.88 Å². The summed E-state index contributed by atoms with van der Waals surface area (Å²) in [4.78, 5) is 19.6. The van der Waals surface area contributed by atoms with E-state index in [1.54, 1.807) is 11.3 Å². The molecule has 2 rings (SSSR count). The largest absolute Gasteiger partial charge is 0.341 e. The number of hydrogen-bond donors (Lipinski definition) is 1. The summed E-state index contributed by atoms with van der Waals surface area (Å²) in [6, 6.07) is 3.94. The number of carbonyl (C=O) groups excluding carboxylic acids is 1. The molecule has 4 heteroatoms. The molecule has 0 amide bonds. The van der Waals surface area contributed by atoms with Gasteiger partial charge in [0.2, 0.25) is 0 Å². The minimum absolute atomic E-state index is 0.00144. The van der Waals surface area contributed by atoms with Crippen molar-refractivity contribution < 1.29 is 4.79 Å². The molecule has 0 aromatic carbocycles. The van der Waals surface area contributed by atoms with E-state index in [4.69, 9.17) is 0 Å². The van der Waals surface area contributed by atoms with Crippen LogP contribution in [0.1, 0.15) is 23.1 Å². The Morgan fingerprint density at radius 3 is 2.86 bits per heavy atom. The van der Waals surface area contributed by atoms with Crippen LogP contribution in [0.2, 0.25) is 0 Å². The van der Waals surface area contributed by atoms with Crippen molar-refractivity contribution in [3.63, 3.8) is 0 Å². The van der Waals surface area contributed by atoms with Crippen LogP contribution in [-0.4, -0.2) is 15.8 Å². The fourth-order valence-electron chi connectivity index (χ4n) is 1.33. The molecule has 0 saturated heterocycles. The molecule has 0 aliphatic heterocycles. The molecule has 0 unspecified atom stereocenters. The first-order chi connectivity index (χ1) is 6.68. The maximum Gasteiger partial charge on any atom is 0.179 e. The first-order valence-electron chi connectivity index (χ1n) is 4.30. The van der Waals surface area contributed by atoms with Gasteiger partial charge in [-0.2, -0.15) is 0 Å². The van der Waals surface area contributed by atoms with Crippen molar-refractivity contribution in [2.24, 2.45) is 0 Å². The third kappa shape index (κ3) is 1.48. The number of carbonyl (C=O) groups is 1. The molecule has 0 saturated carbocycles. The Bertz CT molecular complexity index is 456. The van der Waals surface area contributed by atoms with Crippen molar-refractivity contribution in [1.82, 2.24) is 9.97 Å². The zero-order chi connectivity index (χ0) is 10.1. The van der Waals surface area contributed by atoms with E-state index in [9.17, 15) is 4.79 Å². The van der Waals surface area contributed by atoms with Gasteiger partial charge in [-0.05, 0) is 18.4 Å². The van der Waals surface area contributed by atoms with Crippen molar-refractivity contribution in [2.45, 2.75) is 13.8 Å².